The highest BCUT2D eigenvalue weighted by atomic mass is 35.5. The molecular weight excluding hydrogens is 312 g/mol. The Morgan fingerprint density at radius 3 is 2.70 bits per heavy atom. The normalized spacial score (nSPS) is 15.7. The van der Waals surface area contributed by atoms with Gasteiger partial charge in [0, 0.05) is 24.3 Å². The number of carbonyl (C=O) groups excluding carboxylic acids is 1. The largest absolute Gasteiger partial charge is 0.371 e. The Hall–Kier alpha value is -2.01. The van der Waals surface area contributed by atoms with Crippen molar-refractivity contribution in [1.29, 1.82) is 0 Å². The van der Waals surface area contributed by atoms with Gasteiger partial charge in [-0.3, -0.25) is 9.48 Å². The number of nitrogens with one attached hydrogen (secondary N) is 1. The molecule has 1 aromatic carbocycles. The first-order valence-corrected chi connectivity index (χ1v) is 8.32. The number of likely N-dealkylation sites (tertiary alicyclic amines) is 1. The van der Waals surface area contributed by atoms with Gasteiger partial charge in [-0.25, -0.2) is 0 Å². The standard InChI is InChI=1S/C17H21ClN4O/c1-13(17(23)21-8-2-3-9-21)20-16-10-19-22(12-16)11-14-4-6-15(18)7-5-14/h4-7,10,12-13,20H,2-3,8-9,11H2,1H3. The minimum Gasteiger partial charge on any atom is -0.371 e. The summed E-state index contributed by atoms with van der Waals surface area (Å²) in [7, 11) is 0. The lowest BCUT2D eigenvalue weighted by Gasteiger charge is -2.21. The van der Waals surface area contributed by atoms with Crippen molar-refractivity contribution in [2.75, 3.05) is 18.4 Å². The highest BCUT2D eigenvalue weighted by Gasteiger charge is 2.23. The van der Waals surface area contributed by atoms with E-state index in [4.69, 9.17) is 11.6 Å². The molecule has 6 heteroatoms. The van der Waals surface area contributed by atoms with Gasteiger partial charge in [-0.05, 0) is 37.5 Å². The number of hydrogen-bond acceptors (Lipinski definition) is 3. The van der Waals surface area contributed by atoms with Crippen molar-refractivity contribution in [3.8, 4) is 0 Å². The number of amides is 1. The molecule has 1 amide bonds. The zero-order valence-corrected chi connectivity index (χ0v) is 14.0. The average Bonchev–Trinajstić information content (AvgIpc) is 3.21. The minimum atomic E-state index is -0.235. The van der Waals surface area contributed by atoms with E-state index in [0.717, 1.165) is 42.2 Å². The molecular formula is C17H21ClN4O. The number of rotatable bonds is 5. The van der Waals surface area contributed by atoms with Crippen molar-refractivity contribution < 1.29 is 4.79 Å². The summed E-state index contributed by atoms with van der Waals surface area (Å²) in [6.07, 6.45) is 5.89. The van der Waals surface area contributed by atoms with Crippen molar-refractivity contribution >= 4 is 23.2 Å². The SMILES string of the molecule is CC(Nc1cnn(Cc2ccc(Cl)cc2)c1)C(=O)N1CCCC1. The van der Waals surface area contributed by atoms with Crippen LogP contribution in [0.3, 0.4) is 0 Å². The number of halogens is 1. The maximum atomic E-state index is 12.3. The molecule has 5 nitrogen and oxygen atoms in total. The molecule has 1 atom stereocenters. The Bertz CT molecular complexity index is 661. The quantitative estimate of drug-likeness (QED) is 0.915. The van der Waals surface area contributed by atoms with Crippen molar-refractivity contribution in [2.24, 2.45) is 0 Å². The van der Waals surface area contributed by atoms with Crippen LogP contribution in [0.25, 0.3) is 0 Å². The van der Waals surface area contributed by atoms with Gasteiger partial charge in [0.05, 0.1) is 18.4 Å². The van der Waals surface area contributed by atoms with Crippen molar-refractivity contribution in [3.05, 3.63) is 47.2 Å². The van der Waals surface area contributed by atoms with Crippen LogP contribution in [-0.4, -0.2) is 39.7 Å². The van der Waals surface area contributed by atoms with E-state index in [1.165, 1.54) is 0 Å². The van der Waals surface area contributed by atoms with Crippen molar-refractivity contribution in [2.45, 2.75) is 32.4 Å². The van der Waals surface area contributed by atoms with Crippen LogP contribution in [0.4, 0.5) is 5.69 Å². The smallest absolute Gasteiger partial charge is 0.244 e. The van der Waals surface area contributed by atoms with Crippen LogP contribution >= 0.6 is 11.6 Å². The average molecular weight is 333 g/mol. The first-order chi connectivity index (χ1) is 11.1. The second-order valence-corrected chi connectivity index (χ2v) is 6.39. The third kappa shape index (κ3) is 4.05. The number of carbonyl (C=O) groups is 1. The molecule has 0 spiro atoms. The van der Waals surface area contributed by atoms with E-state index >= 15 is 0 Å². The van der Waals surface area contributed by atoms with Crippen LogP contribution in [0, 0.1) is 0 Å². The van der Waals surface area contributed by atoms with Gasteiger partial charge in [-0.1, -0.05) is 23.7 Å². The Balaban J connectivity index is 1.58. The minimum absolute atomic E-state index is 0.160. The van der Waals surface area contributed by atoms with Crippen LogP contribution in [0.15, 0.2) is 36.7 Å². The zero-order valence-electron chi connectivity index (χ0n) is 13.2. The van der Waals surface area contributed by atoms with Gasteiger partial charge in [0.15, 0.2) is 0 Å². The maximum Gasteiger partial charge on any atom is 0.244 e. The lowest BCUT2D eigenvalue weighted by atomic mass is 10.2. The second kappa shape index (κ2) is 7.04. The summed E-state index contributed by atoms with van der Waals surface area (Å²) in [5.41, 5.74) is 1.99. The predicted molar refractivity (Wildman–Crippen MR) is 91.7 cm³/mol. The van der Waals surface area contributed by atoms with Gasteiger partial charge in [0.1, 0.15) is 6.04 Å². The van der Waals surface area contributed by atoms with Crippen LogP contribution in [0.1, 0.15) is 25.3 Å². The maximum absolute atomic E-state index is 12.3. The molecule has 1 saturated heterocycles. The first-order valence-electron chi connectivity index (χ1n) is 7.94. The Morgan fingerprint density at radius 1 is 1.30 bits per heavy atom. The topological polar surface area (TPSA) is 50.2 Å². The van der Waals surface area contributed by atoms with E-state index < -0.39 is 0 Å². The van der Waals surface area contributed by atoms with E-state index in [2.05, 4.69) is 10.4 Å². The monoisotopic (exact) mass is 332 g/mol. The third-order valence-electron chi connectivity index (χ3n) is 4.06. The van der Waals surface area contributed by atoms with Crippen LogP contribution in [-0.2, 0) is 11.3 Å². The van der Waals surface area contributed by atoms with E-state index in [-0.39, 0.29) is 11.9 Å². The van der Waals surface area contributed by atoms with Gasteiger partial charge in [0.25, 0.3) is 0 Å². The first kappa shape index (κ1) is 15.9. The van der Waals surface area contributed by atoms with Gasteiger partial charge in [-0.2, -0.15) is 5.10 Å². The van der Waals surface area contributed by atoms with E-state index in [0.29, 0.717) is 6.54 Å². The van der Waals surface area contributed by atoms with Crippen molar-refractivity contribution in [3.63, 3.8) is 0 Å². The molecule has 23 heavy (non-hydrogen) atoms. The predicted octanol–water partition coefficient (Wildman–Crippen LogP) is 3.01. The number of nitrogens with zero attached hydrogens (tertiary/aromatic N) is 3. The molecule has 1 fully saturated rings. The Labute approximate surface area is 141 Å². The summed E-state index contributed by atoms with van der Waals surface area (Å²) in [6, 6.07) is 7.47. The fourth-order valence-electron chi connectivity index (χ4n) is 2.82. The Kier molecular flexibility index (Phi) is 4.86. The summed E-state index contributed by atoms with van der Waals surface area (Å²) in [4.78, 5) is 14.2. The van der Waals surface area contributed by atoms with Gasteiger partial charge in [-0.15, -0.1) is 0 Å². The summed E-state index contributed by atoms with van der Waals surface area (Å²) >= 11 is 5.89. The van der Waals surface area contributed by atoms with Crippen LogP contribution < -0.4 is 5.32 Å². The van der Waals surface area contributed by atoms with E-state index in [1.54, 1.807) is 6.20 Å². The number of benzene rings is 1. The third-order valence-corrected chi connectivity index (χ3v) is 4.31. The number of anilines is 1. The molecule has 1 unspecified atom stereocenters. The van der Waals surface area contributed by atoms with E-state index in [9.17, 15) is 4.79 Å². The molecule has 0 radical (unpaired) electrons. The molecule has 122 valence electrons. The number of aromatic nitrogens is 2. The van der Waals surface area contributed by atoms with Crippen molar-refractivity contribution in [1.82, 2.24) is 14.7 Å². The number of hydrogen-bond donors (Lipinski definition) is 1. The highest BCUT2D eigenvalue weighted by molar-refractivity contribution is 6.30. The second-order valence-electron chi connectivity index (χ2n) is 5.95. The van der Waals surface area contributed by atoms with Gasteiger partial charge < -0.3 is 10.2 Å². The molecule has 3 rings (SSSR count). The fraction of sp³-hybridized carbons (Fsp3) is 0.412. The summed E-state index contributed by atoms with van der Waals surface area (Å²) in [6.45, 7) is 4.33. The molecule has 2 aromatic rings. The lowest BCUT2D eigenvalue weighted by Crippen LogP contribution is -2.39. The Morgan fingerprint density at radius 2 is 2.00 bits per heavy atom. The molecule has 1 aliphatic rings. The molecule has 1 N–H and O–H groups in total. The summed E-state index contributed by atoms with van der Waals surface area (Å²) < 4.78 is 1.85. The molecule has 0 aliphatic carbocycles. The van der Waals surface area contributed by atoms with Crippen LogP contribution in [0.2, 0.25) is 5.02 Å². The van der Waals surface area contributed by atoms with E-state index in [1.807, 2.05) is 47.0 Å². The molecule has 2 heterocycles. The molecule has 1 aliphatic heterocycles. The van der Waals surface area contributed by atoms with Gasteiger partial charge >= 0.3 is 0 Å². The van der Waals surface area contributed by atoms with Gasteiger partial charge in [0.2, 0.25) is 5.91 Å². The molecule has 1 aromatic heterocycles. The molecule has 0 bridgehead atoms. The molecule has 0 saturated carbocycles. The fourth-order valence-corrected chi connectivity index (χ4v) is 2.95. The highest BCUT2D eigenvalue weighted by Crippen LogP contribution is 2.14. The van der Waals surface area contributed by atoms with Crippen LogP contribution in [0.5, 0.6) is 0 Å². The summed E-state index contributed by atoms with van der Waals surface area (Å²) in [5.74, 6) is 0.160. The zero-order chi connectivity index (χ0) is 16.2. The summed E-state index contributed by atoms with van der Waals surface area (Å²) in [5, 5.41) is 8.31. The lowest BCUT2D eigenvalue weighted by molar-refractivity contribution is -0.130.